The molecule has 0 radical (unpaired) electrons. The summed E-state index contributed by atoms with van der Waals surface area (Å²) in [6.07, 6.45) is 0. The minimum atomic E-state index is -0.886. The van der Waals surface area contributed by atoms with Crippen LogP contribution in [0.1, 0.15) is 37.1 Å². The van der Waals surface area contributed by atoms with Crippen LogP contribution in [-0.4, -0.2) is 34.3 Å². The molecule has 0 unspecified atom stereocenters. The summed E-state index contributed by atoms with van der Waals surface area (Å²) in [5, 5.41) is 9.70. The van der Waals surface area contributed by atoms with E-state index in [9.17, 15) is 14.7 Å². The highest BCUT2D eigenvalue weighted by atomic mass is 16.5. The standard InChI is InChI=1S/C12H18N2O5/c1-6-19-10(17)7-8(15)9(16)14(4)11(13-7)12(2,3)18-5/h15H,6H2,1-5H3. The molecule has 19 heavy (non-hydrogen) atoms. The number of methoxy groups -OCH3 is 1. The lowest BCUT2D eigenvalue weighted by Gasteiger charge is -2.24. The maximum atomic E-state index is 11.9. The molecule has 1 heterocycles. The quantitative estimate of drug-likeness (QED) is 0.803. The van der Waals surface area contributed by atoms with Gasteiger partial charge in [0.05, 0.1) is 6.61 Å². The van der Waals surface area contributed by atoms with Crippen LogP contribution in [0.25, 0.3) is 0 Å². The predicted octanol–water partition coefficient (Wildman–Crippen LogP) is 0.544. The molecule has 0 amide bonds. The molecule has 0 atom stereocenters. The maximum Gasteiger partial charge on any atom is 0.361 e. The second kappa shape index (κ2) is 5.40. The Kier molecular flexibility index (Phi) is 4.31. The smallest absolute Gasteiger partial charge is 0.361 e. The van der Waals surface area contributed by atoms with Crippen LogP contribution in [0.2, 0.25) is 0 Å². The lowest BCUT2D eigenvalue weighted by atomic mass is 10.1. The normalized spacial score (nSPS) is 11.4. The van der Waals surface area contributed by atoms with E-state index in [1.165, 1.54) is 14.2 Å². The van der Waals surface area contributed by atoms with Crippen LogP contribution in [0.3, 0.4) is 0 Å². The first-order valence-electron chi connectivity index (χ1n) is 5.79. The highest BCUT2D eigenvalue weighted by Gasteiger charge is 2.29. The second-order valence-electron chi connectivity index (χ2n) is 4.43. The van der Waals surface area contributed by atoms with E-state index in [1.54, 1.807) is 20.8 Å². The lowest BCUT2D eigenvalue weighted by molar-refractivity contribution is 0.00740. The summed E-state index contributed by atoms with van der Waals surface area (Å²) in [6, 6.07) is 0. The molecule has 1 aromatic heterocycles. The van der Waals surface area contributed by atoms with Crippen LogP contribution in [0.5, 0.6) is 5.75 Å². The molecule has 0 aliphatic carbocycles. The van der Waals surface area contributed by atoms with Crippen molar-refractivity contribution in [3.63, 3.8) is 0 Å². The third kappa shape index (κ3) is 2.76. The maximum absolute atomic E-state index is 11.9. The van der Waals surface area contributed by atoms with E-state index in [0.717, 1.165) is 4.57 Å². The number of ether oxygens (including phenoxy) is 2. The Bertz CT molecular complexity index is 548. The van der Waals surface area contributed by atoms with E-state index in [-0.39, 0.29) is 12.4 Å². The number of hydrogen-bond donors (Lipinski definition) is 1. The van der Waals surface area contributed by atoms with Crippen LogP contribution < -0.4 is 5.56 Å². The number of aromatic hydroxyl groups is 1. The van der Waals surface area contributed by atoms with Gasteiger partial charge in [0.25, 0.3) is 5.56 Å². The van der Waals surface area contributed by atoms with Crippen molar-refractivity contribution in [2.45, 2.75) is 26.4 Å². The van der Waals surface area contributed by atoms with Gasteiger partial charge in [-0.05, 0) is 20.8 Å². The number of esters is 1. The molecule has 0 saturated heterocycles. The molecule has 0 aliphatic rings. The summed E-state index contributed by atoms with van der Waals surface area (Å²) in [4.78, 5) is 27.6. The van der Waals surface area contributed by atoms with Gasteiger partial charge in [0, 0.05) is 14.2 Å². The zero-order valence-electron chi connectivity index (χ0n) is 11.7. The Hall–Kier alpha value is -1.89. The molecule has 1 rings (SSSR count). The number of hydrogen-bond acceptors (Lipinski definition) is 6. The lowest BCUT2D eigenvalue weighted by Crippen LogP contribution is -2.34. The third-order valence-electron chi connectivity index (χ3n) is 2.78. The van der Waals surface area contributed by atoms with Gasteiger partial charge in [-0.15, -0.1) is 0 Å². The minimum absolute atomic E-state index is 0.123. The average molecular weight is 270 g/mol. The monoisotopic (exact) mass is 270 g/mol. The van der Waals surface area contributed by atoms with Gasteiger partial charge in [0.1, 0.15) is 11.4 Å². The van der Waals surface area contributed by atoms with E-state index < -0.39 is 28.6 Å². The van der Waals surface area contributed by atoms with E-state index in [2.05, 4.69) is 4.98 Å². The van der Waals surface area contributed by atoms with E-state index in [0.29, 0.717) is 0 Å². The molecule has 106 valence electrons. The van der Waals surface area contributed by atoms with Gasteiger partial charge >= 0.3 is 5.97 Å². The average Bonchev–Trinajstić information content (AvgIpc) is 2.36. The van der Waals surface area contributed by atoms with Gasteiger partial charge in [-0.2, -0.15) is 0 Å². The molecule has 0 aliphatic heterocycles. The van der Waals surface area contributed by atoms with Crippen LogP contribution in [0.15, 0.2) is 4.79 Å². The van der Waals surface area contributed by atoms with Crippen LogP contribution in [-0.2, 0) is 22.1 Å². The Balaban J connectivity index is 3.53. The van der Waals surface area contributed by atoms with Crippen molar-refractivity contribution >= 4 is 5.97 Å². The molecule has 0 saturated carbocycles. The largest absolute Gasteiger partial charge is 0.501 e. The fourth-order valence-electron chi connectivity index (χ4n) is 1.56. The summed E-state index contributed by atoms with van der Waals surface area (Å²) in [5.41, 5.74) is -2.01. The zero-order chi connectivity index (χ0) is 14.8. The first kappa shape index (κ1) is 15.2. The molecule has 0 bridgehead atoms. The zero-order valence-corrected chi connectivity index (χ0v) is 11.7. The molecule has 1 aromatic rings. The highest BCUT2D eigenvalue weighted by molar-refractivity contribution is 5.89. The van der Waals surface area contributed by atoms with Gasteiger partial charge in [-0.1, -0.05) is 0 Å². The SMILES string of the molecule is CCOC(=O)c1nc(C(C)(C)OC)n(C)c(=O)c1O. The number of nitrogens with zero attached hydrogens (tertiary/aromatic N) is 2. The van der Waals surface area contributed by atoms with E-state index in [1.807, 2.05) is 0 Å². The van der Waals surface area contributed by atoms with Crippen molar-refractivity contribution in [3.8, 4) is 5.75 Å². The van der Waals surface area contributed by atoms with Crippen molar-refractivity contribution in [3.05, 3.63) is 21.9 Å². The molecule has 1 N–H and O–H groups in total. The predicted molar refractivity (Wildman–Crippen MR) is 67.1 cm³/mol. The summed E-state index contributed by atoms with van der Waals surface area (Å²) >= 11 is 0. The van der Waals surface area contributed by atoms with Crippen molar-refractivity contribution in [2.75, 3.05) is 13.7 Å². The number of carbonyl (C=O) groups excluding carboxylic acids is 1. The van der Waals surface area contributed by atoms with Crippen LogP contribution >= 0.6 is 0 Å². The number of aromatic nitrogens is 2. The number of carbonyl (C=O) groups is 1. The Labute approximate surface area is 110 Å². The topological polar surface area (TPSA) is 90.7 Å². The van der Waals surface area contributed by atoms with Gasteiger partial charge < -0.3 is 14.6 Å². The van der Waals surface area contributed by atoms with Gasteiger partial charge in [0.2, 0.25) is 5.75 Å². The van der Waals surface area contributed by atoms with Gasteiger partial charge in [0.15, 0.2) is 5.69 Å². The van der Waals surface area contributed by atoms with Crippen molar-refractivity contribution in [2.24, 2.45) is 7.05 Å². The molecule has 0 spiro atoms. The molecule has 0 aromatic carbocycles. The van der Waals surface area contributed by atoms with Gasteiger partial charge in [-0.25, -0.2) is 9.78 Å². The van der Waals surface area contributed by atoms with Crippen LogP contribution in [0.4, 0.5) is 0 Å². The summed E-state index contributed by atoms with van der Waals surface area (Å²) in [5.74, 6) is -1.34. The summed E-state index contributed by atoms with van der Waals surface area (Å²) in [6.45, 7) is 5.13. The highest BCUT2D eigenvalue weighted by Crippen LogP contribution is 2.22. The Morgan fingerprint density at radius 2 is 2.05 bits per heavy atom. The first-order chi connectivity index (χ1) is 8.76. The summed E-state index contributed by atoms with van der Waals surface area (Å²) in [7, 11) is 2.91. The van der Waals surface area contributed by atoms with Gasteiger partial charge in [-0.3, -0.25) is 9.36 Å². The molecule has 7 nitrogen and oxygen atoms in total. The molecule has 7 heteroatoms. The molecular weight excluding hydrogens is 252 g/mol. The van der Waals surface area contributed by atoms with Crippen LogP contribution in [0, 0.1) is 0 Å². The second-order valence-corrected chi connectivity index (χ2v) is 4.43. The van der Waals surface area contributed by atoms with E-state index >= 15 is 0 Å². The Morgan fingerprint density at radius 1 is 1.47 bits per heavy atom. The molecule has 0 fully saturated rings. The first-order valence-corrected chi connectivity index (χ1v) is 5.79. The van der Waals surface area contributed by atoms with Crippen molar-refractivity contribution in [1.82, 2.24) is 9.55 Å². The fourth-order valence-corrected chi connectivity index (χ4v) is 1.56. The third-order valence-corrected chi connectivity index (χ3v) is 2.78. The van der Waals surface area contributed by atoms with E-state index in [4.69, 9.17) is 9.47 Å². The minimum Gasteiger partial charge on any atom is -0.501 e. The Morgan fingerprint density at radius 3 is 2.53 bits per heavy atom. The number of rotatable bonds is 4. The summed E-state index contributed by atoms with van der Waals surface area (Å²) < 4.78 is 11.1. The molecular formula is C12H18N2O5. The fraction of sp³-hybridized carbons (Fsp3) is 0.583. The van der Waals surface area contributed by atoms with Crippen molar-refractivity contribution < 1.29 is 19.4 Å². The van der Waals surface area contributed by atoms with Crippen molar-refractivity contribution in [1.29, 1.82) is 0 Å².